The van der Waals surface area contributed by atoms with Crippen molar-refractivity contribution in [3.8, 4) is 0 Å². The molecule has 0 amide bonds. The highest BCUT2D eigenvalue weighted by Crippen LogP contribution is 2.16. The van der Waals surface area contributed by atoms with Crippen LogP contribution in [-0.4, -0.2) is 30.4 Å². The molecule has 0 aromatic heterocycles. The fourth-order valence-corrected chi connectivity index (χ4v) is 1.63. The SMILES string of the molecule is C=C(OC(=O)C(=C)C)OC1CSCCO1. The highest BCUT2D eigenvalue weighted by molar-refractivity contribution is 7.99. The predicted octanol–water partition coefficient (Wildman–Crippen LogP) is 1.68. The second-order valence-electron chi connectivity index (χ2n) is 3.03. The molecule has 15 heavy (non-hydrogen) atoms. The summed E-state index contributed by atoms with van der Waals surface area (Å²) in [5.41, 5.74) is 0.304. The zero-order valence-electron chi connectivity index (χ0n) is 8.65. The first kappa shape index (κ1) is 12.1. The van der Waals surface area contributed by atoms with Gasteiger partial charge in [-0.2, -0.15) is 11.8 Å². The first-order valence-electron chi connectivity index (χ1n) is 4.52. The Morgan fingerprint density at radius 2 is 2.27 bits per heavy atom. The Morgan fingerprint density at radius 3 is 2.80 bits per heavy atom. The van der Waals surface area contributed by atoms with Crippen LogP contribution in [0.5, 0.6) is 0 Å². The van der Waals surface area contributed by atoms with E-state index in [9.17, 15) is 4.79 Å². The van der Waals surface area contributed by atoms with E-state index in [1.807, 2.05) is 0 Å². The molecule has 0 aromatic rings. The number of thioether (sulfide) groups is 1. The van der Waals surface area contributed by atoms with E-state index in [1.165, 1.54) is 0 Å². The molecule has 1 aliphatic heterocycles. The van der Waals surface area contributed by atoms with Gasteiger partial charge in [-0.15, -0.1) is 0 Å². The van der Waals surface area contributed by atoms with E-state index in [-0.39, 0.29) is 12.2 Å². The quantitative estimate of drug-likeness (QED) is 0.418. The molecule has 1 fully saturated rings. The van der Waals surface area contributed by atoms with Gasteiger partial charge in [0, 0.05) is 11.3 Å². The van der Waals surface area contributed by atoms with Crippen LogP contribution in [0.2, 0.25) is 0 Å². The smallest absolute Gasteiger partial charge is 0.340 e. The van der Waals surface area contributed by atoms with Crippen molar-refractivity contribution in [3.63, 3.8) is 0 Å². The van der Waals surface area contributed by atoms with Crippen molar-refractivity contribution in [1.82, 2.24) is 0 Å². The van der Waals surface area contributed by atoms with Gasteiger partial charge >= 0.3 is 5.97 Å². The van der Waals surface area contributed by atoms with Crippen LogP contribution in [0.4, 0.5) is 0 Å². The zero-order valence-corrected chi connectivity index (χ0v) is 9.47. The van der Waals surface area contributed by atoms with Crippen LogP contribution < -0.4 is 0 Å². The van der Waals surface area contributed by atoms with Crippen LogP contribution in [0.15, 0.2) is 24.7 Å². The Kier molecular flexibility index (Phi) is 4.71. The number of carbonyl (C=O) groups excluding carboxylic acids is 1. The van der Waals surface area contributed by atoms with E-state index < -0.39 is 5.97 Å². The van der Waals surface area contributed by atoms with Gasteiger partial charge < -0.3 is 14.2 Å². The van der Waals surface area contributed by atoms with E-state index in [4.69, 9.17) is 14.2 Å². The third-order valence-electron chi connectivity index (χ3n) is 1.60. The maximum atomic E-state index is 11.1. The molecule has 0 aromatic carbocycles. The van der Waals surface area contributed by atoms with Crippen molar-refractivity contribution in [3.05, 3.63) is 24.7 Å². The molecular weight excluding hydrogens is 216 g/mol. The summed E-state index contributed by atoms with van der Waals surface area (Å²) in [7, 11) is 0. The van der Waals surface area contributed by atoms with Crippen LogP contribution >= 0.6 is 11.8 Å². The molecule has 0 radical (unpaired) electrons. The van der Waals surface area contributed by atoms with Gasteiger partial charge in [0.05, 0.1) is 12.4 Å². The number of carbonyl (C=O) groups is 1. The number of rotatable bonds is 4. The van der Waals surface area contributed by atoms with Gasteiger partial charge in [-0.05, 0) is 13.5 Å². The Morgan fingerprint density at radius 1 is 1.53 bits per heavy atom. The van der Waals surface area contributed by atoms with E-state index in [2.05, 4.69) is 13.2 Å². The first-order valence-corrected chi connectivity index (χ1v) is 5.67. The van der Waals surface area contributed by atoms with E-state index in [1.54, 1.807) is 18.7 Å². The van der Waals surface area contributed by atoms with Gasteiger partial charge in [0.2, 0.25) is 6.29 Å². The zero-order chi connectivity index (χ0) is 11.3. The van der Waals surface area contributed by atoms with Gasteiger partial charge in [-0.3, -0.25) is 0 Å². The van der Waals surface area contributed by atoms with Crippen molar-refractivity contribution in [2.24, 2.45) is 0 Å². The largest absolute Gasteiger partial charge is 0.435 e. The molecule has 1 rings (SSSR count). The molecule has 1 atom stereocenters. The standard InChI is InChI=1S/C10H14O4S/c1-7(2)10(11)14-8(3)13-9-6-15-5-4-12-9/h9H,1,3-6H2,2H3. The highest BCUT2D eigenvalue weighted by Gasteiger charge is 2.17. The molecule has 0 aliphatic carbocycles. The van der Waals surface area contributed by atoms with Crippen molar-refractivity contribution < 1.29 is 19.0 Å². The van der Waals surface area contributed by atoms with Gasteiger partial charge in [0.15, 0.2) is 0 Å². The lowest BCUT2D eigenvalue weighted by molar-refractivity contribution is -0.157. The molecule has 1 saturated heterocycles. The van der Waals surface area contributed by atoms with Gasteiger partial charge in [0.25, 0.3) is 5.95 Å². The fraction of sp³-hybridized carbons (Fsp3) is 0.500. The van der Waals surface area contributed by atoms with Crippen LogP contribution in [0.1, 0.15) is 6.92 Å². The number of hydrogen-bond donors (Lipinski definition) is 0. The number of ether oxygens (including phenoxy) is 3. The average Bonchev–Trinajstić information content (AvgIpc) is 2.18. The number of hydrogen-bond acceptors (Lipinski definition) is 5. The van der Waals surface area contributed by atoms with Crippen LogP contribution in [-0.2, 0) is 19.0 Å². The summed E-state index contributed by atoms with van der Waals surface area (Å²) in [5.74, 6) is 1.08. The minimum absolute atomic E-state index is 0.0458. The molecule has 0 saturated carbocycles. The normalized spacial score (nSPS) is 20.5. The molecule has 0 bridgehead atoms. The molecular formula is C10H14O4S. The van der Waals surface area contributed by atoms with Crippen molar-refractivity contribution >= 4 is 17.7 Å². The molecule has 1 aliphatic rings. The molecule has 1 heterocycles. The molecule has 1 unspecified atom stereocenters. The van der Waals surface area contributed by atoms with Crippen LogP contribution in [0.25, 0.3) is 0 Å². The van der Waals surface area contributed by atoms with E-state index in [0.29, 0.717) is 17.9 Å². The Balaban J connectivity index is 2.28. The molecule has 84 valence electrons. The molecule has 5 heteroatoms. The summed E-state index contributed by atoms with van der Waals surface area (Å²) in [5, 5.41) is 0. The summed E-state index contributed by atoms with van der Waals surface area (Å²) in [6.07, 6.45) is -0.380. The minimum atomic E-state index is -0.538. The molecule has 0 N–H and O–H groups in total. The summed E-state index contributed by atoms with van der Waals surface area (Å²) in [6.45, 7) is 9.12. The lowest BCUT2D eigenvalue weighted by Crippen LogP contribution is -2.26. The monoisotopic (exact) mass is 230 g/mol. The maximum absolute atomic E-state index is 11.1. The summed E-state index contributed by atoms with van der Waals surface area (Å²) in [4.78, 5) is 11.1. The predicted molar refractivity (Wildman–Crippen MR) is 58.2 cm³/mol. The minimum Gasteiger partial charge on any atom is -0.435 e. The highest BCUT2D eigenvalue weighted by atomic mass is 32.2. The lowest BCUT2D eigenvalue weighted by atomic mass is 10.4. The molecule has 4 nitrogen and oxygen atoms in total. The first-order chi connectivity index (χ1) is 7.09. The van der Waals surface area contributed by atoms with E-state index in [0.717, 1.165) is 5.75 Å². The average molecular weight is 230 g/mol. The van der Waals surface area contributed by atoms with Crippen LogP contribution in [0, 0.1) is 0 Å². The maximum Gasteiger partial charge on any atom is 0.340 e. The third kappa shape index (κ3) is 4.40. The third-order valence-corrected chi connectivity index (χ3v) is 2.57. The topological polar surface area (TPSA) is 44.8 Å². The molecule has 0 spiro atoms. The fourth-order valence-electron chi connectivity index (χ4n) is 0.895. The second kappa shape index (κ2) is 5.82. The second-order valence-corrected chi connectivity index (χ2v) is 4.18. The Labute approximate surface area is 93.3 Å². The van der Waals surface area contributed by atoms with Gasteiger partial charge in [-0.25, -0.2) is 4.79 Å². The Hall–Kier alpha value is -0.940. The summed E-state index contributed by atoms with van der Waals surface area (Å²) < 4.78 is 15.2. The lowest BCUT2D eigenvalue weighted by Gasteiger charge is -2.23. The van der Waals surface area contributed by atoms with Crippen molar-refractivity contribution in [2.75, 3.05) is 18.1 Å². The van der Waals surface area contributed by atoms with Gasteiger partial charge in [0.1, 0.15) is 0 Å². The van der Waals surface area contributed by atoms with E-state index >= 15 is 0 Å². The van der Waals surface area contributed by atoms with Crippen molar-refractivity contribution in [1.29, 1.82) is 0 Å². The van der Waals surface area contributed by atoms with Gasteiger partial charge in [-0.1, -0.05) is 6.58 Å². The summed E-state index contributed by atoms with van der Waals surface area (Å²) in [6, 6.07) is 0. The Bertz CT molecular complexity index is 269. The van der Waals surface area contributed by atoms with Crippen LogP contribution in [0.3, 0.4) is 0 Å². The number of esters is 1. The summed E-state index contributed by atoms with van der Waals surface area (Å²) >= 11 is 1.72. The van der Waals surface area contributed by atoms with Crippen molar-refractivity contribution in [2.45, 2.75) is 13.2 Å².